The van der Waals surface area contributed by atoms with Crippen LogP contribution in [0.15, 0.2) is 53.3 Å². The second-order valence-corrected chi connectivity index (χ2v) is 8.82. The van der Waals surface area contributed by atoms with E-state index >= 15 is 0 Å². The van der Waals surface area contributed by atoms with Crippen LogP contribution < -0.4 is 10.3 Å². The first-order chi connectivity index (χ1) is 14.4. The van der Waals surface area contributed by atoms with Gasteiger partial charge in [-0.15, -0.1) is 11.3 Å². The molecule has 4 aromatic rings. The Morgan fingerprint density at radius 2 is 1.87 bits per heavy atom. The van der Waals surface area contributed by atoms with Gasteiger partial charge in [0.05, 0.1) is 19.0 Å². The maximum Gasteiger partial charge on any atom is 0.260 e. The Morgan fingerprint density at radius 3 is 2.60 bits per heavy atom. The van der Waals surface area contributed by atoms with Gasteiger partial charge < -0.3 is 9.72 Å². The number of nitrogens with zero attached hydrogens (tertiary/aromatic N) is 2. The Bertz CT molecular complexity index is 1240. The highest BCUT2D eigenvalue weighted by Gasteiger charge is 2.17. The van der Waals surface area contributed by atoms with E-state index in [1.54, 1.807) is 18.4 Å². The Hall–Kier alpha value is -2.96. The molecule has 0 aliphatic carbocycles. The van der Waals surface area contributed by atoms with E-state index in [0.717, 1.165) is 38.7 Å². The van der Waals surface area contributed by atoms with Crippen molar-refractivity contribution in [1.29, 1.82) is 0 Å². The van der Waals surface area contributed by atoms with Crippen molar-refractivity contribution in [2.75, 3.05) is 14.2 Å². The molecule has 0 fully saturated rings. The summed E-state index contributed by atoms with van der Waals surface area (Å²) in [5.74, 6) is 1.51. The van der Waals surface area contributed by atoms with Gasteiger partial charge in [-0.05, 0) is 44.2 Å². The second kappa shape index (κ2) is 8.42. The Kier molecular flexibility index (Phi) is 5.70. The molecule has 0 spiro atoms. The quantitative estimate of drug-likeness (QED) is 0.482. The lowest BCUT2D eigenvalue weighted by molar-refractivity contribution is 0.310. The molecule has 4 rings (SSSR count). The largest absolute Gasteiger partial charge is 0.497 e. The molecule has 0 aliphatic heterocycles. The highest BCUT2D eigenvalue weighted by Crippen LogP contribution is 2.35. The van der Waals surface area contributed by atoms with E-state index < -0.39 is 0 Å². The number of aromatic amines is 1. The van der Waals surface area contributed by atoms with E-state index in [9.17, 15) is 4.79 Å². The van der Waals surface area contributed by atoms with Crippen LogP contribution in [0.5, 0.6) is 5.75 Å². The van der Waals surface area contributed by atoms with Crippen LogP contribution >= 0.6 is 11.3 Å². The Morgan fingerprint density at radius 1 is 1.10 bits per heavy atom. The monoisotopic (exact) mass is 419 g/mol. The molecule has 0 amide bonds. The number of nitrogens with one attached hydrogen (secondary N) is 1. The van der Waals surface area contributed by atoms with E-state index in [4.69, 9.17) is 9.72 Å². The predicted molar refractivity (Wildman–Crippen MR) is 123 cm³/mol. The highest BCUT2D eigenvalue weighted by molar-refractivity contribution is 7.19. The number of thiophene rings is 1. The Balaban J connectivity index is 1.62. The first-order valence-corrected chi connectivity index (χ1v) is 10.7. The zero-order chi connectivity index (χ0) is 21.3. The minimum Gasteiger partial charge on any atom is -0.497 e. The number of H-pyrrole nitrogens is 1. The molecule has 2 aromatic heterocycles. The molecule has 0 radical (unpaired) electrons. The number of aromatic nitrogens is 2. The van der Waals surface area contributed by atoms with Crippen molar-refractivity contribution in [3.05, 3.63) is 80.7 Å². The smallest absolute Gasteiger partial charge is 0.260 e. The fourth-order valence-electron chi connectivity index (χ4n) is 3.70. The van der Waals surface area contributed by atoms with E-state index in [1.807, 2.05) is 25.2 Å². The third-order valence-corrected chi connectivity index (χ3v) is 6.13. The van der Waals surface area contributed by atoms with Crippen molar-refractivity contribution >= 4 is 21.6 Å². The van der Waals surface area contributed by atoms with Crippen molar-refractivity contribution in [2.24, 2.45) is 0 Å². The van der Waals surface area contributed by atoms with Crippen LogP contribution in [-0.4, -0.2) is 29.0 Å². The molecule has 2 heterocycles. The first kappa shape index (κ1) is 20.3. The van der Waals surface area contributed by atoms with Gasteiger partial charge in [-0.2, -0.15) is 0 Å². The lowest BCUT2D eigenvalue weighted by atomic mass is 10.0. The number of hydrogen-bond donors (Lipinski definition) is 1. The minimum absolute atomic E-state index is 0.0790. The first-order valence-electron chi connectivity index (χ1n) is 9.85. The molecule has 0 unspecified atom stereocenters. The SMILES string of the molecule is COc1cccc(CN(C)Cc2nc3sc(C)c(-c4ccc(C)cc4)c3c(=O)[nH]2)c1. The summed E-state index contributed by atoms with van der Waals surface area (Å²) in [6.45, 7) is 5.40. The summed E-state index contributed by atoms with van der Waals surface area (Å²) in [5, 5.41) is 0.681. The van der Waals surface area contributed by atoms with Crippen LogP contribution in [0.3, 0.4) is 0 Å². The third kappa shape index (κ3) is 4.15. The summed E-state index contributed by atoms with van der Waals surface area (Å²) in [6.07, 6.45) is 0. The zero-order valence-electron chi connectivity index (χ0n) is 17.7. The molecule has 0 bridgehead atoms. The van der Waals surface area contributed by atoms with Gasteiger partial charge in [0.2, 0.25) is 0 Å². The number of hydrogen-bond acceptors (Lipinski definition) is 5. The van der Waals surface area contributed by atoms with Crippen molar-refractivity contribution in [3.63, 3.8) is 0 Å². The number of aryl methyl sites for hydroxylation is 2. The van der Waals surface area contributed by atoms with Gasteiger partial charge in [-0.3, -0.25) is 9.69 Å². The van der Waals surface area contributed by atoms with Crippen LogP contribution in [0.25, 0.3) is 21.3 Å². The lowest BCUT2D eigenvalue weighted by Crippen LogP contribution is -2.21. The van der Waals surface area contributed by atoms with Gasteiger partial charge in [0.15, 0.2) is 0 Å². The fraction of sp³-hybridized carbons (Fsp3) is 0.250. The minimum atomic E-state index is -0.0790. The molecule has 1 N–H and O–H groups in total. The number of methoxy groups -OCH3 is 1. The average Bonchev–Trinajstić information content (AvgIpc) is 3.05. The summed E-state index contributed by atoms with van der Waals surface area (Å²) in [6, 6.07) is 16.3. The van der Waals surface area contributed by atoms with Gasteiger partial charge in [0, 0.05) is 17.0 Å². The van der Waals surface area contributed by atoms with Crippen LogP contribution in [0, 0.1) is 13.8 Å². The van der Waals surface area contributed by atoms with E-state index in [1.165, 1.54) is 5.56 Å². The van der Waals surface area contributed by atoms with Crippen LogP contribution in [0.4, 0.5) is 0 Å². The van der Waals surface area contributed by atoms with Gasteiger partial charge in [0.1, 0.15) is 16.4 Å². The van der Waals surface area contributed by atoms with Crippen LogP contribution in [-0.2, 0) is 13.1 Å². The normalized spacial score (nSPS) is 11.4. The summed E-state index contributed by atoms with van der Waals surface area (Å²) in [7, 11) is 3.68. The maximum atomic E-state index is 13.0. The summed E-state index contributed by atoms with van der Waals surface area (Å²) >= 11 is 1.58. The summed E-state index contributed by atoms with van der Waals surface area (Å²) < 4.78 is 5.30. The molecule has 0 aliphatic rings. The molecule has 0 atom stereocenters. The molecule has 0 saturated carbocycles. The van der Waals surface area contributed by atoms with Gasteiger partial charge >= 0.3 is 0 Å². The van der Waals surface area contributed by atoms with Crippen molar-refractivity contribution in [3.8, 4) is 16.9 Å². The van der Waals surface area contributed by atoms with Gasteiger partial charge in [0.25, 0.3) is 5.56 Å². The molecule has 2 aromatic carbocycles. The Labute approximate surface area is 180 Å². The van der Waals surface area contributed by atoms with E-state index in [-0.39, 0.29) is 5.56 Å². The van der Waals surface area contributed by atoms with Crippen LogP contribution in [0.2, 0.25) is 0 Å². The lowest BCUT2D eigenvalue weighted by Gasteiger charge is -2.16. The average molecular weight is 420 g/mol. The summed E-state index contributed by atoms with van der Waals surface area (Å²) in [4.78, 5) is 24.8. The van der Waals surface area contributed by atoms with Crippen molar-refractivity contribution in [2.45, 2.75) is 26.9 Å². The summed E-state index contributed by atoms with van der Waals surface area (Å²) in [5.41, 5.74) is 4.31. The topological polar surface area (TPSA) is 58.2 Å². The molecule has 6 heteroatoms. The van der Waals surface area contributed by atoms with E-state index in [0.29, 0.717) is 17.8 Å². The molecular weight excluding hydrogens is 394 g/mol. The molecular formula is C24H25N3O2S. The molecule has 5 nitrogen and oxygen atoms in total. The van der Waals surface area contributed by atoms with Gasteiger partial charge in [-0.25, -0.2) is 4.98 Å². The standard InChI is InChI=1S/C24H25N3O2S/c1-15-8-10-18(11-9-15)21-16(2)30-24-22(21)23(28)25-20(26-24)14-27(3)13-17-6-5-7-19(12-17)29-4/h5-12H,13-14H2,1-4H3,(H,25,26,28). The fourth-order valence-corrected chi connectivity index (χ4v) is 4.76. The van der Waals surface area contributed by atoms with Crippen LogP contribution in [0.1, 0.15) is 21.8 Å². The number of fused-ring (bicyclic) bond motifs is 1. The molecule has 154 valence electrons. The zero-order valence-corrected chi connectivity index (χ0v) is 18.5. The molecule has 30 heavy (non-hydrogen) atoms. The number of benzene rings is 2. The van der Waals surface area contributed by atoms with Gasteiger partial charge in [-0.1, -0.05) is 42.0 Å². The highest BCUT2D eigenvalue weighted by atomic mass is 32.1. The van der Waals surface area contributed by atoms with E-state index in [2.05, 4.69) is 54.1 Å². The predicted octanol–water partition coefficient (Wildman–Crippen LogP) is 4.91. The molecule has 0 saturated heterocycles. The third-order valence-electron chi connectivity index (χ3n) is 5.13. The maximum absolute atomic E-state index is 13.0. The van der Waals surface area contributed by atoms with Crippen molar-refractivity contribution in [1.82, 2.24) is 14.9 Å². The number of ether oxygens (including phenoxy) is 1. The van der Waals surface area contributed by atoms with Crippen molar-refractivity contribution < 1.29 is 4.74 Å². The number of rotatable bonds is 6. The second-order valence-electron chi connectivity index (χ2n) is 7.62.